The van der Waals surface area contributed by atoms with E-state index in [0.717, 1.165) is 15.8 Å². The molecule has 1 N–H and O–H groups in total. The summed E-state index contributed by atoms with van der Waals surface area (Å²) in [6.45, 7) is 1.95. The fraction of sp³-hybridized carbons (Fsp3) is 0.158. The van der Waals surface area contributed by atoms with Crippen molar-refractivity contribution in [1.82, 2.24) is 30.4 Å². The Bertz CT molecular complexity index is 1110. The zero-order chi connectivity index (χ0) is 20.8. The average Bonchev–Trinajstić information content (AvgIpc) is 3.44. The molecule has 2 aromatic carbocycles. The van der Waals surface area contributed by atoms with Gasteiger partial charge in [0.15, 0.2) is 10.9 Å². The van der Waals surface area contributed by atoms with Crippen LogP contribution in [-0.4, -0.2) is 42.9 Å². The van der Waals surface area contributed by atoms with Crippen molar-refractivity contribution in [3.63, 3.8) is 0 Å². The Morgan fingerprint density at radius 3 is 2.77 bits per heavy atom. The number of thioether (sulfide) groups is 1. The molecule has 0 aliphatic heterocycles. The third-order valence-electron chi connectivity index (χ3n) is 4.09. The van der Waals surface area contributed by atoms with Gasteiger partial charge in [0.1, 0.15) is 12.1 Å². The summed E-state index contributed by atoms with van der Waals surface area (Å²) in [5.41, 5.74) is 3.29. The van der Waals surface area contributed by atoms with E-state index in [-0.39, 0.29) is 12.5 Å². The highest BCUT2D eigenvalue weighted by Crippen LogP contribution is 2.29. The van der Waals surface area contributed by atoms with Crippen LogP contribution in [0.4, 0.5) is 5.13 Å². The quantitative estimate of drug-likeness (QED) is 0.330. The van der Waals surface area contributed by atoms with Crippen molar-refractivity contribution < 1.29 is 9.53 Å². The molecule has 1 amide bonds. The molecule has 9 nitrogen and oxygen atoms in total. The molecule has 0 aliphatic rings. The van der Waals surface area contributed by atoms with Gasteiger partial charge in [-0.3, -0.25) is 10.1 Å². The van der Waals surface area contributed by atoms with Crippen molar-refractivity contribution in [3.05, 3.63) is 66.0 Å². The lowest BCUT2D eigenvalue weighted by Gasteiger charge is -2.06. The fourth-order valence-corrected chi connectivity index (χ4v) is 4.35. The molecule has 0 saturated carbocycles. The lowest BCUT2D eigenvalue weighted by Crippen LogP contribution is -2.20. The summed E-state index contributed by atoms with van der Waals surface area (Å²) in [6, 6.07) is 15.3. The smallest absolute Gasteiger partial charge is 0.264 e. The van der Waals surface area contributed by atoms with Crippen molar-refractivity contribution in [2.24, 2.45) is 0 Å². The SMILES string of the molecule is Cc1ccccc1CSc1nnc(NC(=O)COc2ccc(-n3cnnn3)cc2)s1. The minimum atomic E-state index is -0.300. The van der Waals surface area contributed by atoms with Crippen LogP contribution in [0, 0.1) is 6.92 Å². The molecule has 2 aromatic heterocycles. The molecule has 0 atom stereocenters. The van der Waals surface area contributed by atoms with Crippen LogP contribution in [0.25, 0.3) is 5.69 Å². The minimum Gasteiger partial charge on any atom is -0.484 e. The van der Waals surface area contributed by atoms with Crippen molar-refractivity contribution in [2.45, 2.75) is 17.0 Å². The van der Waals surface area contributed by atoms with E-state index >= 15 is 0 Å². The molecule has 0 aliphatic carbocycles. The number of ether oxygens (including phenoxy) is 1. The van der Waals surface area contributed by atoms with E-state index in [1.165, 1.54) is 33.5 Å². The zero-order valence-electron chi connectivity index (χ0n) is 15.9. The summed E-state index contributed by atoms with van der Waals surface area (Å²) in [4.78, 5) is 12.1. The standard InChI is InChI=1S/C19H17N7O2S2/c1-13-4-2-3-5-14(13)11-29-19-23-22-18(30-19)21-17(27)10-28-16-8-6-15(7-9-16)26-12-20-24-25-26/h2-9,12H,10-11H2,1H3,(H,21,22,27). The van der Waals surface area contributed by atoms with Crippen LogP contribution in [-0.2, 0) is 10.5 Å². The molecular formula is C19H17N7O2S2. The van der Waals surface area contributed by atoms with E-state index in [2.05, 4.69) is 50.1 Å². The van der Waals surface area contributed by atoms with Gasteiger partial charge in [0, 0.05) is 5.75 Å². The summed E-state index contributed by atoms with van der Waals surface area (Å²) in [6.07, 6.45) is 1.50. The van der Waals surface area contributed by atoms with Crippen molar-refractivity contribution >= 4 is 34.1 Å². The lowest BCUT2D eigenvalue weighted by molar-refractivity contribution is -0.118. The van der Waals surface area contributed by atoms with Gasteiger partial charge in [-0.05, 0) is 52.7 Å². The molecule has 0 unspecified atom stereocenters. The second kappa shape index (κ2) is 9.46. The molecule has 4 aromatic rings. The van der Waals surface area contributed by atoms with Gasteiger partial charge < -0.3 is 4.74 Å². The molecule has 11 heteroatoms. The number of hydrogen-bond acceptors (Lipinski definition) is 9. The summed E-state index contributed by atoms with van der Waals surface area (Å²) in [5, 5.41) is 22.3. The van der Waals surface area contributed by atoms with Crippen LogP contribution in [0.2, 0.25) is 0 Å². The van der Waals surface area contributed by atoms with Crippen molar-refractivity contribution in [2.75, 3.05) is 11.9 Å². The third kappa shape index (κ3) is 5.19. The Morgan fingerprint density at radius 2 is 2.00 bits per heavy atom. The highest BCUT2D eigenvalue weighted by Gasteiger charge is 2.10. The molecule has 2 heterocycles. The zero-order valence-corrected chi connectivity index (χ0v) is 17.6. The van der Waals surface area contributed by atoms with E-state index in [1.54, 1.807) is 36.0 Å². The summed E-state index contributed by atoms with van der Waals surface area (Å²) >= 11 is 2.93. The van der Waals surface area contributed by atoms with Gasteiger partial charge in [-0.15, -0.1) is 15.3 Å². The van der Waals surface area contributed by atoms with E-state index in [9.17, 15) is 4.79 Å². The molecule has 0 spiro atoms. The second-order valence-electron chi connectivity index (χ2n) is 6.17. The lowest BCUT2D eigenvalue weighted by atomic mass is 10.1. The molecule has 152 valence electrons. The first kappa shape index (κ1) is 20.0. The molecule has 0 radical (unpaired) electrons. The number of aromatic nitrogens is 6. The minimum absolute atomic E-state index is 0.129. The van der Waals surface area contributed by atoms with Gasteiger partial charge in [-0.1, -0.05) is 47.4 Å². The van der Waals surface area contributed by atoms with Gasteiger partial charge in [-0.2, -0.15) is 0 Å². The number of tetrazole rings is 1. The normalized spacial score (nSPS) is 10.7. The van der Waals surface area contributed by atoms with E-state index in [4.69, 9.17) is 4.74 Å². The van der Waals surface area contributed by atoms with Crippen LogP contribution in [0.5, 0.6) is 5.75 Å². The fourth-order valence-electron chi connectivity index (χ4n) is 2.51. The first-order valence-electron chi connectivity index (χ1n) is 8.94. The summed E-state index contributed by atoms with van der Waals surface area (Å²) in [5.74, 6) is 1.07. The number of rotatable bonds is 8. The number of nitrogens with one attached hydrogen (secondary N) is 1. The van der Waals surface area contributed by atoms with Crippen LogP contribution in [0.3, 0.4) is 0 Å². The average molecular weight is 440 g/mol. The third-order valence-corrected chi connectivity index (χ3v) is 6.11. The maximum Gasteiger partial charge on any atom is 0.264 e. The van der Waals surface area contributed by atoms with Crippen LogP contribution in [0.1, 0.15) is 11.1 Å². The highest BCUT2D eigenvalue weighted by atomic mass is 32.2. The molecule has 4 rings (SSSR count). The van der Waals surface area contributed by atoms with Crippen molar-refractivity contribution in [1.29, 1.82) is 0 Å². The Kier molecular flexibility index (Phi) is 6.30. The van der Waals surface area contributed by atoms with Crippen LogP contribution < -0.4 is 10.1 Å². The van der Waals surface area contributed by atoms with Gasteiger partial charge in [0.25, 0.3) is 5.91 Å². The molecule has 0 saturated heterocycles. The monoisotopic (exact) mass is 439 g/mol. The number of nitrogens with zero attached hydrogens (tertiary/aromatic N) is 6. The Hall–Kier alpha value is -3.31. The number of anilines is 1. The Morgan fingerprint density at radius 1 is 1.17 bits per heavy atom. The predicted octanol–water partition coefficient (Wildman–Crippen LogP) is 3.13. The summed E-state index contributed by atoms with van der Waals surface area (Å²) in [7, 11) is 0. The van der Waals surface area contributed by atoms with Crippen LogP contribution in [0.15, 0.2) is 59.2 Å². The number of aryl methyl sites for hydroxylation is 1. The highest BCUT2D eigenvalue weighted by molar-refractivity contribution is 8.00. The molecule has 0 bridgehead atoms. The largest absolute Gasteiger partial charge is 0.484 e. The molecule has 0 fully saturated rings. The summed E-state index contributed by atoms with van der Waals surface area (Å²) < 4.78 is 7.84. The number of amides is 1. The van der Waals surface area contributed by atoms with E-state index in [0.29, 0.717) is 10.9 Å². The number of carbonyl (C=O) groups excluding carboxylic acids is 1. The maximum absolute atomic E-state index is 12.1. The van der Waals surface area contributed by atoms with E-state index < -0.39 is 0 Å². The first-order chi connectivity index (χ1) is 14.7. The number of carbonyl (C=O) groups is 1. The molecular weight excluding hydrogens is 422 g/mol. The molecule has 30 heavy (non-hydrogen) atoms. The van der Waals surface area contributed by atoms with Gasteiger partial charge in [-0.25, -0.2) is 4.68 Å². The Labute approximate surface area is 180 Å². The van der Waals surface area contributed by atoms with Crippen molar-refractivity contribution in [3.8, 4) is 11.4 Å². The Balaban J connectivity index is 1.25. The van der Waals surface area contributed by atoms with E-state index in [1.807, 2.05) is 12.1 Å². The number of hydrogen-bond donors (Lipinski definition) is 1. The van der Waals surface area contributed by atoms with Crippen LogP contribution >= 0.6 is 23.1 Å². The number of benzene rings is 2. The predicted molar refractivity (Wildman–Crippen MR) is 114 cm³/mol. The van der Waals surface area contributed by atoms with Gasteiger partial charge in [0.2, 0.25) is 5.13 Å². The van der Waals surface area contributed by atoms with Gasteiger partial charge >= 0.3 is 0 Å². The topological polar surface area (TPSA) is 108 Å². The van der Waals surface area contributed by atoms with Gasteiger partial charge in [0.05, 0.1) is 5.69 Å². The maximum atomic E-state index is 12.1. The first-order valence-corrected chi connectivity index (χ1v) is 10.7. The second-order valence-corrected chi connectivity index (χ2v) is 8.37.